The van der Waals surface area contributed by atoms with Gasteiger partial charge < -0.3 is 11.9 Å². The molecule has 0 aliphatic heterocycles. The van der Waals surface area contributed by atoms with Crippen molar-refractivity contribution in [2.24, 2.45) is 0 Å². The fourth-order valence-electron chi connectivity index (χ4n) is 1.06. The fraction of sp³-hybridized carbons (Fsp3) is 0. The maximum Gasteiger partial charge on any atom is 0.161 e. The van der Waals surface area contributed by atoms with Crippen molar-refractivity contribution >= 4 is 5.69 Å². The molecule has 6 heteroatoms. The molecule has 0 saturated carbocycles. The lowest BCUT2D eigenvalue weighted by atomic mass is 10.2. The summed E-state index contributed by atoms with van der Waals surface area (Å²) in [5, 5.41) is 0. The second-order valence-electron chi connectivity index (χ2n) is 2.69. The zero-order valence-corrected chi connectivity index (χ0v) is 7.89. The van der Waals surface area contributed by atoms with Crippen molar-refractivity contribution in [1.29, 1.82) is 0 Å². The van der Waals surface area contributed by atoms with Crippen LogP contribution in [0.3, 0.4) is 0 Å². The van der Waals surface area contributed by atoms with Gasteiger partial charge in [0.2, 0.25) is 0 Å². The molecule has 0 fully saturated rings. The molecule has 0 aliphatic rings. The molecule has 15 heavy (non-hydrogen) atoms. The summed E-state index contributed by atoms with van der Waals surface area (Å²) in [6.45, 7) is 0. The molecule has 0 amide bonds. The van der Waals surface area contributed by atoms with E-state index >= 15 is 0 Å². The van der Waals surface area contributed by atoms with Crippen LogP contribution in [0.15, 0.2) is 30.9 Å². The lowest BCUT2D eigenvalue weighted by molar-refractivity contribution is 0.614. The second kappa shape index (κ2) is 4.43. The van der Waals surface area contributed by atoms with Crippen LogP contribution < -0.4 is 11.9 Å². The summed E-state index contributed by atoms with van der Waals surface area (Å²) >= 11 is 0. The molecular formula is C9H10FN5. The minimum Gasteiger partial charge on any atom is -0.397 e. The van der Waals surface area contributed by atoms with Crippen LogP contribution >= 0.6 is 0 Å². The SMILES string of the molecule is N.Nc1cnccc1-c1ncc(F)cn1. The number of nitrogens with two attached hydrogens (primary N) is 1. The second-order valence-corrected chi connectivity index (χ2v) is 2.69. The Hall–Kier alpha value is -2.08. The number of nitrogens with zero attached hydrogens (tertiary/aromatic N) is 3. The van der Waals surface area contributed by atoms with Gasteiger partial charge in [-0.3, -0.25) is 4.98 Å². The van der Waals surface area contributed by atoms with Gasteiger partial charge in [-0.1, -0.05) is 0 Å². The predicted octanol–water partition coefficient (Wildman–Crippen LogP) is 1.42. The highest BCUT2D eigenvalue weighted by Gasteiger charge is 2.04. The number of hydrogen-bond acceptors (Lipinski definition) is 5. The van der Waals surface area contributed by atoms with Crippen LogP contribution in [0.25, 0.3) is 11.4 Å². The largest absolute Gasteiger partial charge is 0.397 e. The van der Waals surface area contributed by atoms with Crippen molar-refractivity contribution in [2.45, 2.75) is 0 Å². The summed E-state index contributed by atoms with van der Waals surface area (Å²) in [5.74, 6) is -0.0762. The number of halogens is 1. The highest BCUT2D eigenvalue weighted by atomic mass is 19.1. The molecule has 0 unspecified atom stereocenters. The number of anilines is 1. The van der Waals surface area contributed by atoms with Crippen LogP contribution in [0, 0.1) is 5.82 Å². The number of hydrogen-bond donors (Lipinski definition) is 2. The van der Waals surface area contributed by atoms with Crippen LogP contribution in [-0.4, -0.2) is 15.0 Å². The van der Waals surface area contributed by atoms with E-state index in [1.807, 2.05) is 0 Å². The molecule has 0 bridgehead atoms. The number of nitrogen functional groups attached to an aromatic ring is 1. The first-order chi connectivity index (χ1) is 6.77. The van der Waals surface area contributed by atoms with E-state index in [9.17, 15) is 4.39 Å². The summed E-state index contributed by atoms with van der Waals surface area (Å²) in [4.78, 5) is 11.5. The summed E-state index contributed by atoms with van der Waals surface area (Å²) in [6.07, 6.45) is 5.28. The van der Waals surface area contributed by atoms with Crippen molar-refractivity contribution in [3.05, 3.63) is 36.7 Å². The number of rotatable bonds is 1. The molecule has 5 nitrogen and oxygen atoms in total. The maximum atomic E-state index is 12.5. The Kier molecular flexibility index (Phi) is 3.25. The molecule has 2 rings (SSSR count). The molecule has 2 aromatic rings. The first-order valence-corrected chi connectivity index (χ1v) is 3.95. The van der Waals surface area contributed by atoms with E-state index in [2.05, 4.69) is 15.0 Å². The van der Waals surface area contributed by atoms with Crippen molar-refractivity contribution in [3.8, 4) is 11.4 Å². The normalized spacial score (nSPS) is 9.40. The van der Waals surface area contributed by atoms with Crippen LogP contribution in [0.5, 0.6) is 0 Å². The third kappa shape index (κ3) is 2.23. The molecule has 0 saturated heterocycles. The van der Waals surface area contributed by atoms with Crippen molar-refractivity contribution in [2.75, 3.05) is 5.73 Å². The molecular weight excluding hydrogens is 197 g/mol. The molecule has 0 spiro atoms. The maximum absolute atomic E-state index is 12.5. The van der Waals surface area contributed by atoms with E-state index in [4.69, 9.17) is 5.73 Å². The smallest absolute Gasteiger partial charge is 0.161 e. The van der Waals surface area contributed by atoms with Crippen LogP contribution in [0.1, 0.15) is 0 Å². The Bertz CT molecular complexity index is 443. The Morgan fingerprint density at radius 3 is 2.40 bits per heavy atom. The van der Waals surface area contributed by atoms with Gasteiger partial charge >= 0.3 is 0 Å². The van der Waals surface area contributed by atoms with Crippen molar-refractivity contribution in [1.82, 2.24) is 21.1 Å². The molecule has 78 valence electrons. The Morgan fingerprint density at radius 1 is 1.13 bits per heavy atom. The van der Waals surface area contributed by atoms with Gasteiger partial charge in [-0.25, -0.2) is 14.4 Å². The third-order valence-electron chi connectivity index (χ3n) is 1.71. The minimum absolute atomic E-state index is 0. The number of pyridine rings is 1. The van der Waals surface area contributed by atoms with Gasteiger partial charge in [0, 0.05) is 11.8 Å². The standard InChI is InChI=1S/C9H7FN4.H3N/c10-6-3-13-9(14-4-6)7-1-2-12-5-8(7)11;/h1-5H,11H2;1H3. The Morgan fingerprint density at radius 2 is 1.80 bits per heavy atom. The predicted molar refractivity (Wildman–Crippen MR) is 54.7 cm³/mol. The molecule has 0 atom stereocenters. The van der Waals surface area contributed by atoms with E-state index in [0.717, 1.165) is 12.4 Å². The zero-order valence-electron chi connectivity index (χ0n) is 7.89. The van der Waals surface area contributed by atoms with Gasteiger partial charge in [0.15, 0.2) is 11.6 Å². The van der Waals surface area contributed by atoms with E-state index in [-0.39, 0.29) is 6.15 Å². The fourth-order valence-corrected chi connectivity index (χ4v) is 1.06. The summed E-state index contributed by atoms with van der Waals surface area (Å²) in [6, 6.07) is 1.68. The van der Waals surface area contributed by atoms with Gasteiger partial charge in [-0.15, -0.1) is 0 Å². The van der Waals surface area contributed by atoms with E-state index in [0.29, 0.717) is 17.1 Å². The van der Waals surface area contributed by atoms with Gasteiger partial charge in [0.25, 0.3) is 0 Å². The monoisotopic (exact) mass is 207 g/mol. The summed E-state index contributed by atoms with van der Waals surface area (Å²) < 4.78 is 12.5. The molecule has 0 radical (unpaired) electrons. The van der Waals surface area contributed by atoms with E-state index in [1.165, 1.54) is 6.20 Å². The average Bonchev–Trinajstić information content (AvgIpc) is 2.20. The van der Waals surface area contributed by atoms with Crippen molar-refractivity contribution < 1.29 is 4.39 Å². The first kappa shape index (κ1) is 11.0. The van der Waals surface area contributed by atoms with Gasteiger partial charge in [-0.2, -0.15) is 0 Å². The molecule has 2 aromatic heterocycles. The minimum atomic E-state index is -0.471. The van der Waals surface area contributed by atoms with E-state index < -0.39 is 5.82 Å². The quantitative estimate of drug-likeness (QED) is 0.736. The van der Waals surface area contributed by atoms with Gasteiger partial charge in [0.1, 0.15) is 0 Å². The summed E-state index contributed by atoms with van der Waals surface area (Å²) in [7, 11) is 0. The number of aromatic nitrogens is 3. The molecule has 5 N–H and O–H groups in total. The highest BCUT2D eigenvalue weighted by Crippen LogP contribution is 2.19. The van der Waals surface area contributed by atoms with Crippen molar-refractivity contribution in [3.63, 3.8) is 0 Å². The zero-order chi connectivity index (χ0) is 9.97. The van der Waals surface area contributed by atoms with E-state index in [1.54, 1.807) is 12.3 Å². The Labute approximate surface area is 85.8 Å². The Balaban J connectivity index is 0.00000112. The molecule has 0 aliphatic carbocycles. The lowest BCUT2D eigenvalue weighted by Gasteiger charge is -2.01. The summed E-state index contributed by atoms with van der Waals surface area (Å²) in [5.41, 5.74) is 6.78. The van der Waals surface area contributed by atoms with Crippen LogP contribution in [-0.2, 0) is 0 Å². The highest BCUT2D eigenvalue weighted by molar-refractivity contribution is 5.69. The topological polar surface area (TPSA) is 99.7 Å². The van der Waals surface area contributed by atoms with Gasteiger partial charge in [-0.05, 0) is 6.07 Å². The van der Waals surface area contributed by atoms with Crippen LogP contribution in [0.2, 0.25) is 0 Å². The first-order valence-electron chi connectivity index (χ1n) is 3.95. The van der Waals surface area contributed by atoms with Crippen LogP contribution in [0.4, 0.5) is 10.1 Å². The average molecular weight is 207 g/mol. The molecule has 2 heterocycles. The third-order valence-corrected chi connectivity index (χ3v) is 1.71. The van der Waals surface area contributed by atoms with Gasteiger partial charge in [0.05, 0.1) is 24.3 Å². The lowest BCUT2D eigenvalue weighted by Crippen LogP contribution is -1.95. The molecule has 0 aromatic carbocycles.